The molecule has 7 heteroatoms. The van der Waals surface area contributed by atoms with E-state index in [1.807, 2.05) is 6.07 Å². The highest BCUT2D eigenvalue weighted by molar-refractivity contribution is 9.10. The molecule has 0 bridgehead atoms. The summed E-state index contributed by atoms with van der Waals surface area (Å²) in [5.74, 6) is 0.420. The Bertz CT molecular complexity index is 768. The monoisotopic (exact) mass is 346 g/mol. The van der Waals surface area contributed by atoms with Gasteiger partial charge in [-0.3, -0.25) is 14.9 Å². The predicted molar refractivity (Wildman–Crippen MR) is 77.4 cm³/mol. The summed E-state index contributed by atoms with van der Waals surface area (Å²) in [5, 5.41) is 19.8. The normalized spacial score (nSPS) is 9.71. The lowest BCUT2D eigenvalue weighted by atomic mass is 10.1. The van der Waals surface area contributed by atoms with Crippen LogP contribution < -0.4 is 4.74 Å². The van der Waals surface area contributed by atoms with Gasteiger partial charge in [-0.25, -0.2) is 0 Å². The van der Waals surface area contributed by atoms with E-state index in [0.717, 1.165) is 0 Å². The minimum Gasteiger partial charge on any atom is -0.455 e. The lowest BCUT2D eigenvalue weighted by Crippen LogP contribution is -1.93. The van der Waals surface area contributed by atoms with E-state index in [4.69, 9.17) is 10.00 Å². The number of nitriles is 1. The molecular weight excluding hydrogens is 340 g/mol. The molecule has 0 amide bonds. The molecule has 0 heterocycles. The molecule has 0 spiro atoms. The highest BCUT2D eigenvalue weighted by atomic mass is 79.9. The number of hydrogen-bond acceptors (Lipinski definition) is 5. The number of hydrogen-bond donors (Lipinski definition) is 0. The molecule has 2 aromatic carbocycles. The Morgan fingerprint density at radius 1 is 1.24 bits per heavy atom. The number of carbonyl (C=O) groups excluding carboxylic acids is 1. The fraction of sp³-hybridized carbons (Fsp3) is 0. The quantitative estimate of drug-likeness (QED) is 0.476. The van der Waals surface area contributed by atoms with Crippen LogP contribution in [0.5, 0.6) is 11.5 Å². The van der Waals surface area contributed by atoms with Crippen molar-refractivity contribution in [3.63, 3.8) is 0 Å². The lowest BCUT2D eigenvalue weighted by Gasteiger charge is -2.09. The van der Waals surface area contributed by atoms with Crippen LogP contribution in [0.15, 0.2) is 40.9 Å². The van der Waals surface area contributed by atoms with E-state index in [1.54, 1.807) is 0 Å². The molecule has 2 aromatic rings. The topological polar surface area (TPSA) is 93.2 Å². The first-order valence-corrected chi connectivity index (χ1v) is 6.45. The largest absolute Gasteiger partial charge is 0.455 e. The van der Waals surface area contributed by atoms with Gasteiger partial charge in [-0.2, -0.15) is 5.26 Å². The number of benzene rings is 2. The molecule has 0 unspecified atom stereocenters. The third-order valence-electron chi connectivity index (χ3n) is 2.61. The van der Waals surface area contributed by atoms with Gasteiger partial charge in [0.2, 0.25) is 0 Å². The van der Waals surface area contributed by atoms with Crippen LogP contribution in [0, 0.1) is 21.4 Å². The van der Waals surface area contributed by atoms with Gasteiger partial charge in [0.15, 0.2) is 0 Å². The Balaban J connectivity index is 2.43. The first kappa shape index (κ1) is 14.7. The van der Waals surface area contributed by atoms with Crippen molar-refractivity contribution >= 4 is 27.9 Å². The molecule has 0 N–H and O–H groups in total. The number of non-ortho nitro benzene ring substituents is 1. The van der Waals surface area contributed by atoms with E-state index < -0.39 is 4.92 Å². The number of nitro benzene ring substituents is 1. The lowest BCUT2D eigenvalue weighted by molar-refractivity contribution is -0.384. The van der Waals surface area contributed by atoms with E-state index in [9.17, 15) is 14.9 Å². The maximum atomic E-state index is 10.8. The first-order valence-electron chi connectivity index (χ1n) is 5.66. The second-order valence-electron chi connectivity index (χ2n) is 3.96. The molecule has 0 saturated carbocycles. The highest BCUT2D eigenvalue weighted by Crippen LogP contribution is 2.34. The molecule has 0 aliphatic heterocycles. The Labute approximate surface area is 127 Å². The standard InChI is InChI=1S/C14H7BrN2O4/c15-12-3-2-11(17(19)20)6-14(12)21-13-4-1-9(8-18)5-10(13)7-16/h1-6,8H. The number of carbonyl (C=O) groups is 1. The van der Waals surface area contributed by atoms with Gasteiger partial charge >= 0.3 is 0 Å². The van der Waals surface area contributed by atoms with Crippen molar-refractivity contribution in [3.05, 3.63) is 62.1 Å². The van der Waals surface area contributed by atoms with Crippen molar-refractivity contribution in [1.29, 1.82) is 5.26 Å². The van der Waals surface area contributed by atoms with Crippen LogP contribution >= 0.6 is 15.9 Å². The summed E-state index contributed by atoms with van der Waals surface area (Å²) in [7, 11) is 0. The van der Waals surface area contributed by atoms with Gasteiger partial charge in [-0.15, -0.1) is 0 Å². The molecule has 0 aromatic heterocycles. The fourth-order valence-corrected chi connectivity index (χ4v) is 1.93. The number of aldehydes is 1. The number of halogens is 1. The van der Waals surface area contributed by atoms with Crippen molar-refractivity contribution < 1.29 is 14.5 Å². The van der Waals surface area contributed by atoms with Crippen LogP contribution in [0.2, 0.25) is 0 Å². The number of nitro groups is 1. The second-order valence-corrected chi connectivity index (χ2v) is 4.81. The van der Waals surface area contributed by atoms with E-state index in [0.29, 0.717) is 16.3 Å². The molecule has 6 nitrogen and oxygen atoms in total. The average Bonchev–Trinajstić information content (AvgIpc) is 2.49. The molecule has 0 aliphatic carbocycles. The SMILES string of the molecule is N#Cc1cc(C=O)ccc1Oc1cc([N+](=O)[O-])ccc1Br. The molecule has 0 radical (unpaired) electrons. The van der Waals surface area contributed by atoms with Gasteiger partial charge in [-0.1, -0.05) is 0 Å². The highest BCUT2D eigenvalue weighted by Gasteiger charge is 2.13. The number of nitrogens with zero attached hydrogens (tertiary/aromatic N) is 2. The zero-order chi connectivity index (χ0) is 15.4. The van der Waals surface area contributed by atoms with E-state index >= 15 is 0 Å². The molecule has 0 atom stereocenters. The smallest absolute Gasteiger partial charge is 0.273 e. The van der Waals surface area contributed by atoms with Crippen molar-refractivity contribution in [2.45, 2.75) is 0 Å². The molecule has 2 rings (SSSR count). The Morgan fingerprint density at radius 2 is 2.00 bits per heavy atom. The molecular formula is C14H7BrN2O4. The summed E-state index contributed by atoms with van der Waals surface area (Å²) in [5.41, 5.74) is 0.381. The van der Waals surface area contributed by atoms with Gasteiger partial charge < -0.3 is 4.74 Å². The maximum absolute atomic E-state index is 10.8. The summed E-state index contributed by atoms with van der Waals surface area (Å²) < 4.78 is 6.04. The molecule has 0 aliphatic rings. The van der Waals surface area contributed by atoms with E-state index in [2.05, 4.69) is 15.9 Å². The molecule has 21 heavy (non-hydrogen) atoms. The van der Waals surface area contributed by atoms with E-state index in [1.165, 1.54) is 36.4 Å². The van der Waals surface area contributed by atoms with Crippen molar-refractivity contribution in [3.8, 4) is 17.6 Å². The van der Waals surface area contributed by atoms with Crippen molar-refractivity contribution in [2.24, 2.45) is 0 Å². The maximum Gasteiger partial charge on any atom is 0.273 e. The summed E-state index contributed by atoms with van der Waals surface area (Å²) in [6, 6.07) is 10.3. The van der Waals surface area contributed by atoms with Gasteiger partial charge in [0.25, 0.3) is 5.69 Å². The molecule has 104 valence electrons. The number of ether oxygens (including phenoxy) is 1. The van der Waals surface area contributed by atoms with Crippen molar-refractivity contribution in [2.75, 3.05) is 0 Å². The Morgan fingerprint density at radius 3 is 2.62 bits per heavy atom. The summed E-state index contributed by atoms with van der Waals surface area (Å²) in [6.45, 7) is 0. The minimum atomic E-state index is -0.542. The predicted octanol–water partition coefficient (Wildman–Crippen LogP) is 3.83. The zero-order valence-electron chi connectivity index (χ0n) is 10.4. The summed E-state index contributed by atoms with van der Waals surface area (Å²) in [6.07, 6.45) is 0.619. The van der Waals surface area contributed by atoms with Gasteiger partial charge in [0.05, 0.1) is 21.0 Å². The summed E-state index contributed by atoms with van der Waals surface area (Å²) in [4.78, 5) is 20.9. The zero-order valence-corrected chi connectivity index (χ0v) is 12.0. The Kier molecular flexibility index (Phi) is 4.30. The van der Waals surface area contributed by atoms with E-state index in [-0.39, 0.29) is 22.7 Å². The van der Waals surface area contributed by atoms with Crippen LogP contribution in [0.4, 0.5) is 5.69 Å². The van der Waals surface area contributed by atoms with Crippen LogP contribution in [0.25, 0.3) is 0 Å². The second kappa shape index (κ2) is 6.15. The van der Waals surface area contributed by atoms with Crippen molar-refractivity contribution in [1.82, 2.24) is 0 Å². The number of rotatable bonds is 4. The fourth-order valence-electron chi connectivity index (χ4n) is 1.60. The Hall–Kier alpha value is -2.72. The summed E-state index contributed by atoms with van der Waals surface area (Å²) >= 11 is 3.22. The van der Waals surface area contributed by atoms with Gasteiger partial charge in [0, 0.05) is 11.6 Å². The third-order valence-corrected chi connectivity index (χ3v) is 3.26. The molecule has 0 fully saturated rings. The van der Waals surface area contributed by atoms with Crippen LogP contribution in [0.3, 0.4) is 0 Å². The van der Waals surface area contributed by atoms with Crippen LogP contribution in [-0.2, 0) is 0 Å². The minimum absolute atomic E-state index is 0.129. The van der Waals surface area contributed by atoms with Crippen LogP contribution in [-0.4, -0.2) is 11.2 Å². The van der Waals surface area contributed by atoms with Gasteiger partial charge in [0.1, 0.15) is 23.9 Å². The third kappa shape index (κ3) is 3.24. The van der Waals surface area contributed by atoms with Gasteiger partial charge in [-0.05, 0) is 40.2 Å². The van der Waals surface area contributed by atoms with Crippen LogP contribution in [0.1, 0.15) is 15.9 Å². The first-order chi connectivity index (χ1) is 10.0. The average molecular weight is 347 g/mol. The molecule has 0 saturated heterocycles.